The van der Waals surface area contributed by atoms with E-state index in [0.717, 1.165) is 0 Å². The van der Waals surface area contributed by atoms with E-state index in [4.69, 9.17) is 14.2 Å². The Morgan fingerprint density at radius 2 is 2.05 bits per heavy atom. The number of rotatable bonds is 6. The van der Waals surface area contributed by atoms with Crippen molar-refractivity contribution in [2.45, 2.75) is 13.5 Å². The van der Waals surface area contributed by atoms with Gasteiger partial charge in [0.15, 0.2) is 11.5 Å². The van der Waals surface area contributed by atoms with E-state index in [2.05, 4.69) is 9.97 Å². The summed E-state index contributed by atoms with van der Waals surface area (Å²) in [4.78, 5) is 18.8. The van der Waals surface area contributed by atoms with E-state index < -0.39 is 0 Å². The SMILES string of the molecule is CCOCc1nc(-c2cccc(OC)c2OC)cc(=O)[nH]1. The predicted molar refractivity (Wildman–Crippen MR) is 78.7 cm³/mol. The Bertz CT molecular complexity index is 667. The molecule has 1 N–H and O–H groups in total. The van der Waals surface area contributed by atoms with Crippen molar-refractivity contribution >= 4 is 0 Å². The van der Waals surface area contributed by atoms with Crippen molar-refractivity contribution in [3.05, 3.63) is 40.4 Å². The molecule has 0 radical (unpaired) electrons. The van der Waals surface area contributed by atoms with Crippen molar-refractivity contribution < 1.29 is 14.2 Å². The number of nitrogens with zero attached hydrogens (tertiary/aromatic N) is 1. The topological polar surface area (TPSA) is 73.4 Å². The van der Waals surface area contributed by atoms with Gasteiger partial charge in [-0.1, -0.05) is 6.07 Å². The van der Waals surface area contributed by atoms with Gasteiger partial charge >= 0.3 is 0 Å². The first-order valence-electron chi connectivity index (χ1n) is 6.59. The summed E-state index contributed by atoms with van der Waals surface area (Å²) >= 11 is 0. The summed E-state index contributed by atoms with van der Waals surface area (Å²) in [6, 6.07) is 6.86. The summed E-state index contributed by atoms with van der Waals surface area (Å²) in [6.45, 7) is 2.69. The number of methoxy groups -OCH3 is 2. The Morgan fingerprint density at radius 1 is 1.24 bits per heavy atom. The Kier molecular flexibility index (Phi) is 4.94. The third-order valence-electron chi connectivity index (χ3n) is 2.91. The third-order valence-corrected chi connectivity index (χ3v) is 2.91. The van der Waals surface area contributed by atoms with E-state index in [-0.39, 0.29) is 12.2 Å². The molecule has 0 bridgehead atoms. The van der Waals surface area contributed by atoms with E-state index in [1.807, 2.05) is 19.1 Å². The highest BCUT2D eigenvalue weighted by Crippen LogP contribution is 2.36. The van der Waals surface area contributed by atoms with Gasteiger partial charge < -0.3 is 19.2 Å². The van der Waals surface area contributed by atoms with E-state index >= 15 is 0 Å². The molecule has 21 heavy (non-hydrogen) atoms. The molecule has 1 aromatic heterocycles. The average molecular weight is 290 g/mol. The summed E-state index contributed by atoms with van der Waals surface area (Å²) < 4.78 is 15.9. The smallest absolute Gasteiger partial charge is 0.251 e. The second-order valence-electron chi connectivity index (χ2n) is 4.26. The molecule has 1 aromatic carbocycles. The number of ether oxygens (including phenoxy) is 3. The van der Waals surface area contributed by atoms with Gasteiger partial charge in [0.05, 0.1) is 19.9 Å². The van der Waals surface area contributed by atoms with Crippen LogP contribution in [0.3, 0.4) is 0 Å². The molecule has 2 aromatic rings. The lowest BCUT2D eigenvalue weighted by molar-refractivity contribution is 0.128. The van der Waals surface area contributed by atoms with Gasteiger partial charge in [-0.15, -0.1) is 0 Å². The summed E-state index contributed by atoms with van der Waals surface area (Å²) in [5.74, 6) is 1.60. The average Bonchev–Trinajstić information content (AvgIpc) is 2.51. The zero-order chi connectivity index (χ0) is 15.2. The summed E-state index contributed by atoms with van der Waals surface area (Å²) in [6.07, 6.45) is 0. The van der Waals surface area contributed by atoms with Gasteiger partial charge in [-0.3, -0.25) is 4.79 Å². The Hall–Kier alpha value is -2.34. The maximum atomic E-state index is 11.8. The molecule has 0 spiro atoms. The lowest BCUT2D eigenvalue weighted by atomic mass is 10.1. The van der Waals surface area contributed by atoms with Gasteiger partial charge in [-0.2, -0.15) is 0 Å². The molecular weight excluding hydrogens is 272 g/mol. The number of aromatic amines is 1. The van der Waals surface area contributed by atoms with Crippen molar-refractivity contribution in [3.63, 3.8) is 0 Å². The monoisotopic (exact) mass is 290 g/mol. The second kappa shape index (κ2) is 6.90. The zero-order valence-electron chi connectivity index (χ0n) is 12.3. The molecule has 0 amide bonds. The predicted octanol–water partition coefficient (Wildman–Crippen LogP) is 1.99. The molecule has 0 aliphatic heterocycles. The number of hydrogen-bond acceptors (Lipinski definition) is 5. The van der Waals surface area contributed by atoms with Crippen molar-refractivity contribution in [1.82, 2.24) is 9.97 Å². The Labute approximate surface area is 122 Å². The van der Waals surface area contributed by atoms with Gasteiger partial charge in [0, 0.05) is 18.2 Å². The Morgan fingerprint density at radius 3 is 2.71 bits per heavy atom. The normalized spacial score (nSPS) is 10.4. The maximum absolute atomic E-state index is 11.8. The van der Waals surface area contributed by atoms with Crippen LogP contribution in [0.25, 0.3) is 11.3 Å². The minimum absolute atomic E-state index is 0.237. The van der Waals surface area contributed by atoms with Crippen LogP contribution in [-0.2, 0) is 11.3 Å². The molecule has 0 aliphatic rings. The number of aromatic nitrogens is 2. The highest BCUT2D eigenvalue weighted by molar-refractivity contribution is 5.70. The molecule has 112 valence electrons. The summed E-state index contributed by atoms with van der Waals surface area (Å²) in [5, 5.41) is 0. The maximum Gasteiger partial charge on any atom is 0.251 e. The number of hydrogen-bond donors (Lipinski definition) is 1. The van der Waals surface area contributed by atoms with Crippen LogP contribution in [-0.4, -0.2) is 30.8 Å². The van der Waals surface area contributed by atoms with Crippen LogP contribution in [0.1, 0.15) is 12.7 Å². The standard InChI is InChI=1S/C15H18N2O4/c1-4-21-9-13-16-11(8-14(18)17-13)10-6-5-7-12(19-2)15(10)20-3/h5-8H,4,9H2,1-3H3,(H,16,17,18). The highest BCUT2D eigenvalue weighted by atomic mass is 16.5. The van der Waals surface area contributed by atoms with E-state index in [0.29, 0.717) is 35.2 Å². The molecule has 0 saturated carbocycles. The first-order chi connectivity index (χ1) is 10.2. The largest absolute Gasteiger partial charge is 0.493 e. The fraction of sp³-hybridized carbons (Fsp3) is 0.333. The molecule has 6 nitrogen and oxygen atoms in total. The summed E-state index contributed by atoms with van der Waals surface area (Å²) in [5.41, 5.74) is 0.976. The first kappa shape index (κ1) is 15.1. The Balaban J connectivity index is 2.51. The van der Waals surface area contributed by atoms with Crippen LogP contribution in [0, 0.1) is 0 Å². The van der Waals surface area contributed by atoms with E-state index in [9.17, 15) is 4.79 Å². The van der Waals surface area contributed by atoms with Crippen LogP contribution in [0.5, 0.6) is 11.5 Å². The second-order valence-corrected chi connectivity index (χ2v) is 4.26. The molecule has 6 heteroatoms. The van der Waals surface area contributed by atoms with E-state index in [1.54, 1.807) is 20.3 Å². The molecule has 1 heterocycles. The van der Waals surface area contributed by atoms with Gasteiger partial charge in [0.25, 0.3) is 5.56 Å². The van der Waals surface area contributed by atoms with E-state index in [1.165, 1.54) is 6.07 Å². The minimum Gasteiger partial charge on any atom is -0.493 e. The molecule has 2 rings (SSSR count). The number of H-pyrrole nitrogens is 1. The molecule has 0 saturated heterocycles. The fourth-order valence-corrected chi connectivity index (χ4v) is 2.00. The lowest BCUT2D eigenvalue weighted by Crippen LogP contribution is -2.12. The molecular formula is C15H18N2O4. The number of benzene rings is 1. The van der Waals surface area contributed by atoms with Gasteiger partial charge in [0.1, 0.15) is 12.4 Å². The molecule has 0 unspecified atom stereocenters. The fourth-order valence-electron chi connectivity index (χ4n) is 2.00. The van der Waals surface area contributed by atoms with Crippen molar-refractivity contribution in [1.29, 1.82) is 0 Å². The quantitative estimate of drug-likeness (QED) is 0.880. The third kappa shape index (κ3) is 3.41. The zero-order valence-corrected chi connectivity index (χ0v) is 12.3. The molecule has 0 aliphatic carbocycles. The van der Waals surface area contributed by atoms with Crippen molar-refractivity contribution in [2.24, 2.45) is 0 Å². The lowest BCUT2D eigenvalue weighted by Gasteiger charge is -2.12. The van der Waals surface area contributed by atoms with Gasteiger partial charge in [-0.05, 0) is 19.1 Å². The first-order valence-corrected chi connectivity index (χ1v) is 6.59. The number of nitrogens with one attached hydrogen (secondary N) is 1. The van der Waals surface area contributed by atoms with Crippen molar-refractivity contribution in [2.75, 3.05) is 20.8 Å². The molecule has 0 fully saturated rings. The molecule has 0 atom stereocenters. The van der Waals surface area contributed by atoms with Crippen LogP contribution in [0.4, 0.5) is 0 Å². The van der Waals surface area contributed by atoms with Gasteiger partial charge in [-0.25, -0.2) is 4.98 Å². The van der Waals surface area contributed by atoms with Crippen LogP contribution in [0.15, 0.2) is 29.1 Å². The summed E-state index contributed by atoms with van der Waals surface area (Å²) in [7, 11) is 3.11. The van der Waals surface area contributed by atoms with Crippen LogP contribution < -0.4 is 15.0 Å². The highest BCUT2D eigenvalue weighted by Gasteiger charge is 2.13. The number of para-hydroxylation sites is 1. The van der Waals surface area contributed by atoms with Gasteiger partial charge in [0.2, 0.25) is 0 Å². The van der Waals surface area contributed by atoms with Crippen molar-refractivity contribution in [3.8, 4) is 22.8 Å². The van der Waals surface area contributed by atoms with Crippen LogP contribution in [0.2, 0.25) is 0 Å². The van der Waals surface area contributed by atoms with Crippen LogP contribution >= 0.6 is 0 Å². The minimum atomic E-state index is -0.237.